The molecule has 1 saturated carbocycles. The van der Waals surface area contributed by atoms with E-state index in [-0.39, 0.29) is 17.5 Å². The number of halogens is 2. The standard InChI is InChI=1S/C16H14BrFN2O/c17-14-3-1-2-13(15(14)18)16(21)20(12-4-5-12)10-11-6-8-19-9-7-11/h1-3,6-9,12H,4-5,10H2. The molecule has 21 heavy (non-hydrogen) atoms. The number of rotatable bonds is 4. The van der Waals surface area contributed by atoms with Crippen molar-refractivity contribution in [1.82, 2.24) is 9.88 Å². The summed E-state index contributed by atoms with van der Waals surface area (Å²) in [5.41, 5.74) is 1.12. The molecule has 0 aliphatic heterocycles. The van der Waals surface area contributed by atoms with Gasteiger partial charge in [-0.2, -0.15) is 0 Å². The average molecular weight is 349 g/mol. The number of carbonyl (C=O) groups is 1. The molecule has 5 heteroatoms. The summed E-state index contributed by atoms with van der Waals surface area (Å²) in [5.74, 6) is -0.754. The van der Waals surface area contributed by atoms with Gasteiger partial charge in [0.2, 0.25) is 0 Å². The van der Waals surface area contributed by atoms with Crippen LogP contribution in [-0.4, -0.2) is 21.8 Å². The van der Waals surface area contributed by atoms with E-state index in [1.807, 2.05) is 12.1 Å². The summed E-state index contributed by atoms with van der Waals surface area (Å²) in [6.07, 6.45) is 5.36. The number of nitrogens with zero attached hydrogens (tertiary/aromatic N) is 2. The Morgan fingerprint density at radius 1 is 1.29 bits per heavy atom. The van der Waals surface area contributed by atoms with Crippen LogP contribution in [0.5, 0.6) is 0 Å². The minimum atomic E-state index is -0.497. The van der Waals surface area contributed by atoms with Crippen LogP contribution in [-0.2, 0) is 6.54 Å². The lowest BCUT2D eigenvalue weighted by Crippen LogP contribution is -2.33. The number of pyridine rings is 1. The van der Waals surface area contributed by atoms with Crippen LogP contribution in [0.3, 0.4) is 0 Å². The molecule has 0 spiro atoms. The van der Waals surface area contributed by atoms with Gasteiger partial charge in [-0.25, -0.2) is 4.39 Å². The van der Waals surface area contributed by atoms with Crippen molar-refractivity contribution < 1.29 is 9.18 Å². The monoisotopic (exact) mass is 348 g/mol. The summed E-state index contributed by atoms with van der Waals surface area (Å²) in [6, 6.07) is 8.77. The molecule has 3 nitrogen and oxygen atoms in total. The molecule has 1 fully saturated rings. The van der Waals surface area contributed by atoms with Crippen molar-refractivity contribution in [3.63, 3.8) is 0 Å². The second-order valence-electron chi connectivity index (χ2n) is 5.12. The number of benzene rings is 1. The van der Waals surface area contributed by atoms with Crippen LogP contribution in [0, 0.1) is 5.82 Å². The lowest BCUT2D eigenvalue weighted by atomic mass is 10.1. The Kier molecular flexibility index (Phi) is 4.01. The van der Waals surface area contributed by atoms with Crippen LogP contribution in [0.2, 0.25) is 0 Å². The summed E-state index contributed by atoms with van der Waals surface area (Å²) in [7, 11) is 0. The van der Waals surface area contributed by atoms with E-state index in [2.05, 4.69) is 20.9 Å². The fourth-order valence-electron chi connectivity index (χ4n) is 2.26. The van der Waals surface area contributed by atoms with Gasteiger partial charge in [0.05, 0.1) is 10.0 Å². The highest BCUT2D eigenvalue weighted by molar-refractivity contribution is 9.10. The summed E-state index contributed by atoms with van der Waals surface area (Å²) in [4.78, 5) is 18.4. The van der Waals surface area contributed by atoms with Gasteiger partial charge < -0.3 is 4.90 Å². The smallest absolute Gasteiger partial charge is 0.257 e. The molecule has 0 atom stereocenters. The lowest BCUT2D eigenvalue weighted by molar-refractivity contribution is 0.0725. The van der Waals surface area contributed by atoms with Crippen molar-refractivity contribution >= 4 is 21.8 Å². The zero-order valence-corrected chi connectivity index (χ0v) is 12.9. The van der Waals surface area contributed by atoms with Gasteiger partial charge in [-0.15, -0.1) is 0 Å². The van der Waals surface area contributed by atoms with Gasteiger partial charge in [-0.3, -0.25) is 9.78 Å². The van der Waals surface area contributed by atoms with Crippen molar-refractivity contribution in [3.8, 4) is 0 Å². The third-order valence-electron chi connectivity index (χ3n) is 3.53. The average Bonchev–Trinajstić information content (AvgIpc) is 3.33. The number of amides is 1. The van der Waals surface area contributed by atoms with Crippen LogP contribution in [0.1, 0.15) is 28.8 Å². The van der Waals surface area contributed by atoms with Crippen molar-refractivity contribution in [2.45, 2.75) is 25.4 Å². The summed E-state index contributed by atoms with van der Waals surface area (Å²) >= 11 is 3.13. The Morgan fingerprint density at radius 2 is 2.00 bits per heavy atom. The molecule has 1 aliphatic carbocycles. The first-order valence-electron chi connectivity index (χ1n) is 6.80. The molecule has 0 bridgehead atoms. The van der Waals surface area contributed by atoms with Gasteiger partial charge in [0, 0.05) is 25.0 Å². The number of carbonyl (C=O) groups excluding carboxylic acids is 1. The SMILES string of the molecule is O=C(c1cccc(Br)c1F)N(Cc1ccncc1)C1CC1. The summed E-state index contributed by atoms with van der Waals surface area (Å²) < 4.78 is 14.4. The zero-order chi connectivity index (χ0) is 14.8. The van der Waals surface area contributed by atoms with Crippen molar-refractivity contribution in [2.24, 2.45) is 0 Å². The van der Waals surface area contributed by atoms with Gasteiger partial charge in [0.25, 0.3) is 5.91 Å². The van der Waals surface area contributed by atoms with Gasteiger partial charge in [0.1, 0.15) is 5.82 Å². The second-order valence-corrected chi connectivity index (χ2v) is 5.98. The van der Waals surface area contributed by atoms with Crippen molar-refractivity contribution in [3.05, 3.63) is 64.1 Å². The molecule has 2 aromatic rings. The van der Waals surface area contributed by atoms with E-state index >= 15 is 0 Å². The fourth-order valence-corrected chi connectivity index (χ4v) is 2.63. The Hall–Kier alpha value is -1.75. The highest BCUT2D eigenvalue weighted by atomic mass is 79.9. The van der Waals surface area contributed by atoms with E-state index in [0.717, 1.165) is 18.4 Å². The number of hydrogen-bond acceptors (Lipinski definition) is 2. The predicted molar refractivity (Wildman–Crippen MR) is 81.2 cm³/mol. The molecular formula is C16H14BrFN2O. The molecule has 1 heterocycles. The molecular weight excluding hydrogens is 335 g/mol. The fraction of sp³-hybridized carbons (Fsp3) is 0.250. The van der Waals surface area contributed by atoms with Gasteiger partial charge in [-0.1, -0.05) is 6.07 Å². The minimum absolute atomic E-state index is 0.116. The maximum Gasteiger partial charge on any atom is 0.257 e. The molecule has 1 amide bonds. The third-order valence-corrected chi connectivity index (χ3v) is 4.15. The Morgan fingerprint density at radius 3 is 2.67 bits per heavy atom. The maximum atomic E-state index is 14.1. The van der Waals surface area contributed by atoms with Gasteiger partial charge in [0.15, 0.2) is 0 Å². The van der Waals surface area contributed by atoms with Gasteiger partial charge in [-0.05, 0) is 58.6 Å². The molecule has 108 valence electrons. The molecule has 1 aromatic carbocycles. The van der Waals surface area contributed by atoms with E-state index in [9.17, 15) is 9.18 Å². The molecule has 0 saturated heterocycles. The highest BCUT2D eigenvalue weighted by Crippen LogP contribution is 2.31. The largest absolute Gasteiger partial charge is 0.331 e. The zero-order valence-electron chi connectivity index (χ0n) is 11.3. The van der Waals surface area contributed by atoms with E-state index in [1.165, 1.54) is 6.07 Å². The summed E-state index contributed by atoms with van der Waals surface area (Å²) in [5, 5.41) is 0. The molecule has 0 N–H and O–H groups in total. The van der Waals surface area contributed by atoms with Crippen LogP contribution in [0.25, 0.3) is 0 Å². The first-order valence-corrected chi connectivity index (χ1v) is 7.60. The molecule has 1 aliphatic rings. The predicted octanol–water partition coefficient (Wildman–Crippen LogP) is 3.79. The maximum absolute atomic E-state index is 14.1. The first kappa shape index (κ1) is 14.2. The Bertz CT molecular complexity index is 659. The first-order chi connectivity index (χ1) is 10.2. The Balaban J connectivity index is 1.87. The van der Waals surface area contributed by atoms with Crippen LogP contribution in [0.15, 0.2) is 47.2 Å². The molecule has 1 aromatic heterocycles. The number of aromatic nitrogens is 1. The lowest BCUT2D eigenvalue weighted by Gasteiger charge is -2.23. The number of hydrogen-bond donors (Lipinski definition) is 0. The third kappa shape index (κ3) is 3.13. The van der Waals surface area contributed by atoms with Crippen LogP contribution < -0.4 is 0 Å². The van der Waals surface area contributed by atoms with E-state index in [4.69, 9.17) is 0 Å². The second kappa shape index (κ2) is 5.93. The van der Waals surface area contributed by atoms with Gasteiger partial charge >= 0.3 is 0 Å². The summed E-state index contributed by atoms with van der Waals surface area (Å²) in [6.45, 7) is 0.484. The highest BCUT2D eigenvalue weighted by Gasteiger charge is 2.34. The topological polar surface area (TPSA) is 33.2 Å². The molecule has 3 rings (SSSR count). The molecule has 0 unspecified atom stereocenters. The van der Waals surface area contributed by atoms with E-state index in [1.54, 1.807) is 29.4 Å². The molecule has 0 radical (unpaired) electrons. The van der Waals surface area contributed by atoms with E-state index in [0.29, 0.717) is 11.0 Å². The quantitative estimate of drug-likeness (QED) is 0.842. The normalized spacial score (nSPS) is 14.0. The van der Waals surface area contributed by atoms with E-state index < -0.39 is 5.82 Å². The van der Waals surface area contributed by atoms with Crippen LogP contribution in [0.4, 0.5) is 4.39 Å². The minimum Gasteiger partial charge on any atom is -0.331 e. The van der Waals surface area contributed by atoms with Crippen molar-refractivity contribution in [2.75, 3.05) is 0 Å². The van der Waals surface area contributed by atoms with Crippen molar-refractivity contribution in [1.29, 1.82) is 0 Å². The Labute approximate surface area is 130 Å². The van der Waals surface area contributed by atoms with Crippen LogP contribution >= 0.6 is 15.9 Å².